The minimum atomic E-state index is 0.100. The van der Waals surface area contributed by atoms with Crippen LogP contribution in [0.25, 0.3) is 0 Å². The molecule has 1 saturated heterocycles. The molecular formula is C27H37NO3. The Morgan fingerprint density at radius 3 is 2.35 bits per heavy atom. The predicted molar refractivity (Wildman–Crippen MR) is 125 cm³/mol. The molecule has 0 aliphatic carbocycles. The van der Waals surface area contributed by atoms with Crippen molar-refractivity contribution in [2.75, 3.05) is 40.5 Å². The van der Waals surface area contributed by atoms with Crippen LogP contribution >= 0.6 is 0 Å². The summed E-state index contributed by atoms with van der Waals surface area (Å²) >= 11 is 0. The molecule has 0 saturated carbocycles. The van der Waals surface area contributed by atoms with Crippen LogP contribution in [0.4, 0.5) is 0 Å². The lowest BCUT2D eigenvalue weighted by Crippen LogP contribution is -2.34. The van der Waals surface area contributed by atoms with Gasteiger partial charge >= 0.3 is 0 Å². The molecule has 4 heteroatoms. The zero-order chi connectivity index (χ0) is 21.8. The van der Waals surface area contributed by atoms with E-state index < -0.39 is 0 Å². The maximum atomic E-state index is 6.48. The Labute approximate surface area is 187 Å². The van der Waals surface area contributed by atoms with E-state index in [4.69, 9.17) is 14.2 Å². The Kier molecular flexibility index (Phi) is 6.88. The summed E-state index contributed by atoms with van der Waals surface area (Å²) in [5.74, 6) is 2.30. The highest BCUT2D eigenvalue weighted by Gasteiger charge is 2.31. The van der Waals surface area contributed by atoms with Crippen molar-refractivity contribution in [3.8, 4) is 11.5 Å². The third kappa shape index (κ3) is 5.24. The second-order valence-electron chi connectivity index (χ2n) is 9.86. The zero-order valence-electron chi connectivity index (χ0n) is 19.5. The topological polar surface area (TPSA) is 30.9 Å². The molecule has 2 aliphatic rings. The third-order valence-electron chi connectivity index (χ3n) is 6.90. The third-order valence-corrected chi connectivity index (χ3v) is 6.90. The van der Waals surface area contributed by atoms with Crippen LogP contribution in [0.15, 0.2) is 42.5 Å². The highest BCUT2D eigenvalue weighted by molar-refractivity contribution is 5.49. The fraction of sp³-hybridized carbons (Fsp3) is 0.556. The molecule has 0 spiro atoms. The first-order chi connectivity index (χ1) is 15.0. The number of fused-ring (bicyclic) bond motifs is 1. The van der Waals surface area contributed by atoms with Crippen molar-refractivity contribution in [3.63, 3.8) is 0 Å². The van der Waals surface area contributed by atoms with Crippen molar-refractivity contribution in [1.82, 2.24) is 4.90 Å². The molecule has 1 atom stereocenters. The molecule has 1 unspecified atom stereocenters. The average molecular weight is 424 g/mol. The lowest BCUT2D eigenvalue weighted by Gasteiger charge is -2.33. The van der Waals surface area contributed by atoms with Gasteiger partial charge in [0, 0.05) is 6.54 Å². The molecule has 4 rings (SSSR count). The first kappa shape index (κ1) is 22.2. The lowest BCUT2D eigenvalue weighted by molar-refractivity contribution is 0.0000914. The molecule has 168 valence electrons. The number of ether oxygens (including phenoxy) is 3. The number of rotatable bonds is 6. The van der Waals surface area contributed by atoms with Gasteiger partial charge in [0.1, 0.15) is 0 Å². The quantitative estimate of drug-likeness (QED) is 0.604. The van der Waals surface area contributed by atoms with Crippen LogP contribution in [0.1, 0.15) is 61.8 Å². The SMILES string of the molecule is COc1cc2c(cc1OC)C(CCN1CCC(c3ccccc3)CC1)OCC(C)(C)C2. The molecular weight excluding hydrogens is 386 g/mol. The first-order valence-corrected chi connectivity index (χ1v) is 11.6. The van der Waals surface area contributed by atoms with Gasteiger partial charge in [-0.2, -0.15) is 0 Å². The van der Waals surface area contributed by atoms with Crippen molar-refractivity contribution in [2.24, 2.45) is 5.41 Å². The second kappa shape index (κ2) is 9.62. The van der Waals surface area contributed by atoms with Crippen molar-refractivity contribution in [3.05, 3.63) is 59.2 Å². The molecule has 0 N–H and O–H groups in total. The van der Waals surface area contributed by atoms with E-state index in [1.54, 1.807) is 14.2 Å². The largest absolute Gasteiger partial charge is 0.493 e. The van der Waals surface area contributed by atoms with E-state index in [0.717, 1.165) is 50.6 Å². The van der Waals surface area contributed by atoms with Crippen LogP contribution in [0, 0.1) is 5.41 Å². The Bertz CT molecular complexity index is 856. The van der Waals surface area contributed by atoms with Crippen LogP contribution in [0.2, 0.25) is 0 Å². The predicted octanol–water partition coefficient (Wildman–Crippen LogP) is 5.61. The fourth-order valence-corrected chi connectivity index (χ4v) is 5.13. The smallest absolute Gasteiger partial charge is 0.161 e. The van der Waals surface area contributed by atoms with Crippen molar-refractivity contribution in [1.29, 1.82) is 0 Å². The van der Waals surface area contributed by atoms with Gasteiger partial charge in [0.15, 0.2) is 11.5 Å². The fourth-order valence-electron chi connectivity index (χ4n) is 5.13. The number of nitrogens with zero attached hydrogens (tertiary/aromatic N) is 1. The minimum absolute atomic E-state index is 0.100. The normalized spacial score (nSPS) is 21.9. The Balaban J connectivity index is 1.43. The molecule has 0 aromatic heterocycles. The van der Waals surface area contributed by atoms with Crippen LogP contribution < -0.4 is 9.47 Å². The number of piperidine rings is 1. The van der Waals surface area contributed by atoms with Crippen LogP contribution in [0.5, 0.6) is 11.5 Å². The van der Waals surface area contributed by atoms with Crippen molar-refractivity contribution in [2.45, 2.75) is 51.6 Å². The highest BCUT2D eigenvalue weighted by Crippen LogP contribution is 2.41. The molecule has 1 fully saturated rings. The van der Waals surface area contributed by atoms with Gasteiger partial charge in [-0.05, 0) is 78.9 Å². The minimum Gasteiger partial charge on any atom is -0.493 e. The molecule has 4 nitrogen and oxygen atoms in total. The maximum absolute atomic E-state index is 6.48. The van der Waals surface area contributed by atoms with E-state index in [1.807, 2.05) is 0 Å². The van der Waals surface area contributed by atoms with Gasteiger partial charge in [-0.1, -0.05) is 44.2 Å². The van der Waals surface area contributed by atoms with Gasteiger partial charge < -0.3 is 19.1 Å². The summed E-state index contributed by atoms with van der Waals surface area (Å²) in [6.45, 7) is 8.73. The Morgan fingerprint density at radius 1 is 1.00 bits per heavy atom. The number of likely N-dealkylation sites (tertiary alicyclic amines) is 1. The lowest BCUT2D eigenvalue weighted by atomic mass is 9.85. The van der Waals surface area contributed by atoms with Crippen LogP contribution in [0.3, 0.4) is 0 Å². The average Bonchev–Trinajstić information content (AvgIpc) is 2.92. The van der Waals surface area contributed by atoms with Gasteiger partial charge in [-0.3, -0.25) is 0 Å². The molecule has 2 aliphatic heterocycles. The van der Waals surface area contributed by atoms with Gasteiger partial charge in [0.05, 0.1) is 26.9 Å². The molecule has 2 aromatic rings. The molecule has 2 heterocycles. The molecule has 0 bridgehead atoms. The summed E-state index contributed by atoms with van der Waals surface area (Å²) in [5, 5.41) is 0. The first-order valence-electron chi connectivity index (χ1n) is 11.6. The van der Waals surface area contributed by atoms with Crippen molar-refractivity contribution >= 4 is 0 Å². The summed E-state index contributed by atoms with van der Waals surface area (Å²) in [6, 6.07) is 15.3. The number of methoxy groups -OCH3 is 2. The van der Waals surface area contributed by atoms with Gasteiger partial charge in [-0.25, -0.2) is 0 Å². The maximum Gasteiger partial charge on any atom is 0.161 e. The second-order valence-corrected chi connectivity index (χ2v) is 9.86. The van der Waals surface area contributed by atoms with E-state index in [0.29, 0.717) is 5.92 Å². The molecule has 31 heavy (non-hydrogen) atoms. The number of benzene rings is 2. The summed E-state index contributed by atoms with van der Waals surface area (Å²) in [4.78, 5) is 2.61. The summed E-state index contributed by atoms with van der Waals surface area (Å²) in [5.41, 5.74) is 4.19. The van der Waals surface area contributed by atoms with E-state index in [2.05, 4.69) is 61.2 Å². The Hall–Kier alpha value is -2.04. The summed E-state index contributed by atoms with van der Waals surface area (Å²) in [6.07, 6.45) is 4.58. The zero-order valence-corrected chi connectivity index (χ0v) is 19.5. The van der Waals surface area contributed by atoms with Gasteiger partial charge in [0.25, 0.3) is 0 Å². The van der Waals surface area contributed by atoms with E-state index >= 15 is 0 Å². The van der Waals surface area contributed by atoms with E-state index in [-0.39, 0.29) is 11.5 Å². The monoisotopic (exact) mass is 423 g/mol. The van der Waals surface area contributed by atoms with E-state index in [1.165, 1.54) is 29.5 Å². The highest BCUT2D eigenvalue weighted by atomic mass is 16.5. The summed E-state index contributed by atoms with van der Waals surface area (Å²) in [7, 11) is 3.41. The molecule has 0 radical (unpaired) electrons. The number of hydrogen-bond donors (Lipinski definition) is 0. The molecule has 2 aromatic carbocycles. The van der Waals surface area contributed by atoms with Crippen molar-refractivity contribution < 1.29 is 14.2 Å². The van der Waals surface area contributed by atoms with Crippen LogP contribution in [-0.4, -0.2) is 45.4 Å². The summed E-state index contributed by atoms with van der Waals surface area (Å²) < 4.78 is 17.7. The van der Waals surface area contributed by atoms with E-state index in [9.17, 15) is 0 Å². The van der Waals surface area contributed by atoms with Gasteiger partial charge in [0.2, 0.25) is 0 Å². The Morgan fingerprint density at radius 2 is 1.68 bits per heavy atom. The standard InChI is InChI=1S/C27H37NO3/c1-27(2)18-22-16-25(29-3)26(30-4)17-23(22)24(31-19-27)12-15-28-13-10-21(11-14-28)20-8-6-5-7-9-20/h5-9,16-17,21,24H,10-15,18-19H2,1-4H3. The van der Waals surface area contributed by atoms with Gasteiger partial charge in [-0.15, -0.1) is 0 Å². The number of hydrogen-bond acceptors (Lipinski definition) is 4. The van der Waals surface area contributed by atoms with Crippen LogP contribution in [-0.2, 0) is 11.2 Å². The molecule has 0 amide bonds.